The van der Waals surface area contributed by atoms with Gasteiger partial charge in [0.25, 0.3) is 0 Å². The molecule has 1 amide bonds. The van der Waals surface area contributed by atoms with Crippen LogP contribution in [0.25, 0.3) is 0 Å². The Bertz CT molecular complexity index is 838. The number of hydrogen-bond donors (Lipinski definition) is 2. The Morgan fingerprint density at radius 2 is 1.96 bits per heavy atom. The molecule has 2 rings (SSSR count). The van der Waals surface area contributed by atoms with Gasteiger partial charge < -0.3 is 15.4 Å². The third kappa shape index (κ3) is 6.88. The molecule has 1 aromatic carbocycles. The van der Waals surface area contributed by atoms with Gasteiger partial charge in [0.05, 0.1) is 6.20 Å². The predicted molar refractivity (Wildman–Crippen MR) is 99.9 cm³/mol. The Morgan fingerprint density at radius 1 is 1.25 bits per heavy atom. The summed E-state index contributed by atoms with van der Waals surface area (Å²) in [5.74, 6) is -1.09. The highest BCUT2D eigenvalue weighted by atomic mass is 35.5. The predicted octanol–water partition coefficient (Wildman–Crippen LogP) is 5.42. The number of anilines is 2. The molecule has 1 heterocycles. The van der Waals surface area contributed by atoms with Gasteiger partial charge in [-0.15, -0.1) is 0 Å². The van der Waals surface area contributed by atoms with Gasteiger partial charge in [-0.05, 0) is 30.0 Å². The highest BCUT2D eigenvalue weighted by Crippen LogP contribution is 2.35. The molecule has 0 fully saturated rings. The number of ether oxygens (including phenoxy) is 1. The van der Waals surface area contributed by atoms with Crippen LogP contribution in [0.5, 0.6) is 5.75 Å². The number of benzene rings is 1. The minimum atomic E-state index is -4.84. The van der Waals surface area contributed by atoms with Gasteiger partial charge in [0.2, 0.25) is 5.95 Å². The van der Waals surface area contributed by atoms with E-state index in [4.69, 9.17) is 16.3 Å². The lowest BCUT2D eigenvalue weighted by Gasteiger charge is -2.18. The van der Waals surface area contributed by atoms with Crippen LogP contribution in [-0.4, -0.2) is 22.6 Å². The summed E-state index contributed by atoms with van der Waals surface area (Å²) in [7, 11) is 0. The van der Waals surface area contributed by atoms with E-state index in [0.29, 0.717) is 17.1 Å². The smallest absolute Gasteiger partial charge is 0.406 e. The van der Waals surface area contributed by atoms with Gasteiger partial charge in [0.15, 0.2) is 11.4 Å². The van der Waals surface area contributed by atoms with Crippen LogP contribution in [0.15, 0.2) is 30.5 Å². The number of halogens is 4. The average molecular weight is 417 g/mol. The van der Waals surface area contributed by atoms with Crippen molar-refractivity contribution in [1.82, 2.24) is 15.3 Å². The summed E-state index contributed by atoms with van der Waals surface area (Å²) in [6, 6.07) is 6.33. The Labute approximate surface area is 165 Å². The number of rotatable bonds is 5. The van der Waals surface area contributed by atoms with Gasteiger partial charge in [-0.1, -0.05) is 38.4 Å². The molecule has 0 spiro atoms. The maximum absolute atomic E-state index is 13.3. The molecule has 0 bridgehead atoms. The molecule has 2 aromatic rings. The molecule has 0 aliphatic carbocycles. The van der Waals surface area contributed by atoms with Crippen molar-refractivity contribution >= 4 is 29.3 Å². The molecule has 0 aliphatic rings. The topological polar surface area (TPSA) is 76.1 Å². The van der Waals surface area contributed by atoms with E-state index in [1.165, 1.54) is 6.07 Å². The first-order valence-electron chi connectivity index (χ1n) is 8.36. The third-order valence-corrected chi connectivity index (χ3v) is 3.69. The summed E-state index contributed by atoms with van der Waals surface area (Å²) in [4.78, 5) is 19.0. The number of carbonyl (C=O) groups excluding carboxylic acids is 1. The zero-order valence-corrected chi connectivity index (χ0v) is 16.3. The van der Waals surface area contributed by atoms with Crippen molar-refractivity contribution in [2.45, 2.75) is 33.4 Å². The molecule has 0 aliphatic heterocycles. The molecule has 0 saturated heterocycles. The van der Waals surface area contributed by atoms with E-state index in [9.17, 15) is 18.0 Å². The Hall–Kier alpha value is -2.55. The van der Waals surface area contributed by atoms with Crippen molar-refractivity contribution in [2.24, 2.45) is 5.41 Å². The minimum Gasteiger partial charge on any atom is -0.406 e. The van der Waals surface area contributed by atoms with Gasteiger partial charge in [0, 0.05) is 17.3 Å². The number of nitrogens with zero attached hydrogens (tertiary/aromatic N) is 2. The zero-order valence-electron chi connectivity index (χ0n) is 15.5. The standard InChI is InChI=1S/C18H20ClF3N4O2/c1-17(2,3)7-8-23-16(27)28-13-10-24-15(26-14(13)18(20,21)22)25-12-6-4-5-11(19)9-12/h4-6,9-10H,7-8H2,1-3H3,(H,23,27)(H,24,25,26). The van der Waals surface area contributed by atoms with Crippen LogP contribution >= 0.6 is 11.6 Å². The summed E-state index contributed by atoms with van der Waals surface area (Å²) >= 11 is 5.84. The second-order valence-corrected chi connectivity index (χ2v) is 7.60. The molecule has 0 unspecified atom stereocenters. The summed E-state index contributed by atoms with van der Waals surface area (Å²) in [5.41, 5.74) is -0.992. The fourth-order valence-corrected chi connectivity index (χ4v) is 2.27. The van der Waals surface area contributed by atoms with Crippen LogP contribution in [0.1, 0.15) is 32.9 Å². The van der Waals surface area contributed by atoms with Gasteiger partial charge in [0.1, 0.15) is 0 Å². The fourth-order valence-electron chi connectivity index (χ4n) is 2.08. The van der Waals surface area contributed by atoms with Crippen LogP contribution in [0.2, 0.25) is 5.02 Å². The van der Waals surface area contributed by atoms with Gasteiger partial charge >= 0.3 is 12.3 Å². The van der Waals surface area contributed by atoms with Crippen molar-refractivity contribution in [3.63, 3.8) is 0 Å². The summed E-state index contributed by atoms with van der Waals surface area (Å²) in [5, 5.41) is 5.43. The number of alkyl halides is 3. The largest absolute Gasteiger partial charge is 0.437 e. The Balaban J connectivity index is 2.15. The van der Waals surface area contributed by atoms with E-state index in [1.54, 1.807) is 18.2 Å². The maximum atomic E-state index is 13.3. The first-order chi connectivity index (χ1) is 12.9. The average Bonchev–Trinajstić information content (AvgIpc) is 2.54. The molecule has 10 heteroatoms. The number of hydrogen-bond acceptors (Lipinski definition) is 5. The summed E-state index contributed by atoms with van der Waals surface area (Å²) < 4.78 is 44.8. The lowest BCUT2D eigenvalue weighted by Crippen LogP contribution is -2.30. The summed E-state index contributed by atoms with van der Waals surface area (Å²) in [6.45, 7) is 6.18. The highest BCUT2D eigenvalue weighted by Gasteiger charge is 2.38. The third-order valence-electron chi connectivity index (χ3n) is 3.45. The van der Waals surface area contributed by atoms with E-state index in [1.807, 2.05) is 20.8 Å². The monoisotopic (exact) mass is 416 g/mol. The molecular formula is C18H20ClF3N4O2. The van der Waals surface area contributed by atoms with Crippen LogP contribution < -0.4 is 15.4 Å². The van der Waals surface area contributed by atoms with Crippen molar-refractivity contribution in [1.29, 1.82) is 0 Å². The molecule has 1 aromatic heterocycles. The number of nitrogens with one attached hydrogen (secondary N) is 2. The van der Waals surface area contributed by atoms with Crippen LogP contribution in [0.3, 0.4) is 0 Å². The van der Waals surface area contributed by atoms with Crippen molar-refractivity contribution < 1.29 is 22.7 Å². The Kier molecular flexibility index (Phi) is 6.71. The number of amides is 1. The minimum absolute atomic E-state index is 0.0405. The quantitative estimate of drug-likeness (QED) is 0.680. The van der Waals surface area contributed by atoms with E-state index in [-0.39, 0.29) is 17.9 Å². The van der Waals surface area contributed by atoms with E-state index in [0.717, 1.165) is 6.20 Å². The van der Waals surface area contributed by atoms with E-state index < -0.39 is 23.7 Å². The van der Waals surface area contributed by atoms with E-state index >= 15 is 0 Å². The number of aromatic nitrogens is 2. The lowest BCUT2D eigenvalue weighted by atomic mass is 9.92. The van der Waals surface area contributed by atoms with Crippen LogP contribution in [-0.2, 0) is 6.18 Å². The molecule has 0 atom stereocenters. The second kappa shape index (κ2) is 8.64. The summed E-state index contributed by atoms with van der Waals surface area (Å²) in [6.07, 6.45) is -4.41. The molecule has 0 radical (unpaired) electrons. The SMILES string of the molecule is CC(C)(C)CCNC(=O)Oc1cnc(Nc2cccc(Cl)c2)nc1C(F)(F)F. The second-order valence-electron chi connectivity index (χ2n) is 7.17. The highest BCUT2D eigenvalue weighted by molar-refractivity contribution is 6.30. The molecular weight excluding hydrogens is 397 g/mol. The lowest BCUT2D eigenvalue weighted by molar-refractivity contribution is -0.142. The van der Waals surface area contributed by atoms with Gasteiger partial charge in [-0.2, -0.15) is 13.2 Å². The van der Waals surface area contributed by atoms with Crippen molar-refractivity contribution in [2.75, 3.05) is 11.9 Å². The zero-order chi connectivity index (χ0) is 20.9. The van der Waals surface area contributed by atoms with Crippen molar-refractivity contribution in [3.8, 4) is 5.75 Å². The first-order valence-corrected chi connectivity index (χ1v) is 8.74. The number of carbonyl (C=O) groups is 1. The molecule has 152 valence electrons. The maximum Gasteiger partial charge on any atom is 0.437 e. The van der Waals surface area contributed by atoms with Gasteiger partial charge in [-0.3, -0.25) is 0 Å². The molecule has 2 N–H and O–H groups in total. The Morgan fingerprint density at radius 3 is 2.57 bits per heavy atom. The van der Waals surface area contributed by atoms with E-state index in [2.05, 4.69) is 20.6 Å². The normalized spacial score (nSPS) is 11.8. The van der Waals surface area contributed by atoms with Crippen LogP contribution in [0.4, 0.5) is 29.6 Å². The molecule has 6 nitrogen and oxygen atoms in total. The van der Waals surface area contributed by atoms with Crippen LogP contribution in [0, 0.1) is 5.41 Å². The first kappa shape index (κ1) is 21.7. The van der Waals surface area contributed by atoms with Crippen molar-refractivity contribution in [3.05, 3.63) is 41.2 Å². The van der Waals surface area contributed by atoms with Gasteiger partial charge in [-0.25, -0.2) is 14.8 Å². The molecule has 28 heavy (non-hydrogen) atoms. The molecule has 0 saturated carbocycles. The fraction of sp³-hybridized carbons (Fsp3) is 0.389.